The van der Waals surface area contributed by atoms with Gasteiger partial charge in [0.15, 0.2) is 0 Å². The minimum absolute atomic E-state index is 0.104. The smallest absolute Gasteiger partial charge is 0.237 e. The fraction of sp³-hybridized carbons (Fsp3) is 0.263. The first-order valence-electron chi connectivity index (χ1n) is 7.99. The van der Waals surface area contributed by atoms with E-state index in [9.17, 15) is 14.7 Å². The van der Waals surface area contributed by atoms with E-state index in [0.717, 1.165) is 5.56 Å². The third-order valence-corrected chi connectivity index (χ3v) is 4.61. The average Bonchev–Trinajstić information content (AvgIpc) is 2.60. The highest BCUT2D eigenvalue weighted by atomic mass is 35.5. The van der Waals surface area contributed by atoms with Gasteiger partial charge in [-0.2, -0.15) is 0 Å². The molecule has 0 heterocycles. The van der Waals surface area contributed by atoms with Crippen LogP contribution in [-0.2, 0) is 22.4 Å². The summed E-state index contributed by atoms with van der Waals surface area (Å²) in [7, 11) is 0. The van der Waals surface area contributed by atoms with Crippen molar-refractivity contribution in [2.24, 2.45) is 5.73 Å². The van der Waals surface area contributed by atoms with Crippen LogP contribution in [0.1, 0.15) is 23.6 Å². The van der Waals surface area contributed by atoms with Gasteiger partial charge in [0.1, 0.15) is 5.75 Å². The van der Waals surface area contributed by atoms with Gasteiger partial charge >= 0.3 is 0 Å². The summed E-state index contributed by atoms with van der Waals surface area (Å²) >= 11 is 12.4. The first-order valence-corrected chi connectivity index (χ1v) is 8.74. The molecule has 0 bridgehead atoms. The molecular formula is C19H19Cl2N2O3. The number of aromatic hydroxyl groups is 1. The third kappa shape index (κ3) is 5.21. The van der Waals surface area contributed by atoms with Crippen LogP contribution in [0.15, 0.2) is 36.4 Å². The first-order chi connectivity index (χ1) is 12.3. The molecule has 4 N–H and O–H groups in total. The summed E-state index contributed by atoms with van der Waals surface area (Å²) in [6, 6.07) is 8.66. The standard InChI is InChI=1S/C19H19Cl2N2O3/c1-11(10-24)23-19(26)17(22)8-12-5-6-18(25)13(7-12)9-14-15(20)3-2-4-16(14)21/h2-7,11,17,25H,8-9,22H2,1H3,(H,23,26)/t11-,17-/m0/s1. The molecule has 0 fully saturated rings. The molecule has 2 aromatic carbocycles. The lowest BCUT2D eigenvalue weighted by molar-refractivity contribution is -0.122. The molecule has 0 unspecified atom stereocenters. The van der Waals surface area contributed by atoms with Crippen LogP contribution < -0.4 is 11.1 Å². The Morgan fingerprint density at radius 3 is 2.54 bits per heavy atom. The van der Waals surface area contributed by atoms with E-state index in [1.165, 1.54) is 6.92 Å². The second kappa shape index (κ2) is 9.03. The number of carbonyl (C=O) groups is 1. The van der Waals surface area contributed by atoms with Gasteiger partial charge in [-0.25, -0.2) is 0 Å². The summed E-state index contributed by atoms with van der Waals surface area (Å²) in [6.07, 6.45) is 2.27. The first kappa shape index (κ1) is 20.2. The van der Waals surface area contributed by atoms with Crippen molar-refractivity contribution in [3.63, 3.8) is 0 Å². The number of halogens is 2. The summed E-state index contributed by atoms with van der Waals surface area (Å²) in [4.78, 5) is 22.5. The Hall–Kier alpha value is -2.08. The maximum absolute atomic E-state index is 11.9. The summed E-state index contributed by atoms with van der Waals surface area (Å²) < 4.78 is 0. The Morgan fingerprint density at radius 1 is 1.27 bits per heavy atom. The van der Waals surface area contributed by atoms with Gasteiger partial charge < -0.3 is 16.2 Å². The maximum atomic E-state index is 11.9. The molecule has 26 heavy (non-hydrogen) atoms. The molecule has 5 nitrogen and oxygen atoms in total. The molecule has 0 saturated carbocycles. The van der Waals surface area contributed by atoms with Crippen LogP contribution in [-0.4, -0.2) is 29.4 Å². The normalized spacial score (nSPS) is 13.1. The third-order valence-electron chi connectivity index (χ3n) is 3.90. The van der Waals surface area contributed by atoms with Crippen LogP contribution in [0, 0.1) is 0 Å². The molecule has 2 atom stereocenters. The van der Waals surface area contributed by atoms with Gasteiger partial charge in [0, 0.05) is 16.5 Å². The quantitative estimate of drug-likeness (QED) is 0.674. The number of nitrogens with one attached hydrogen (secondary N) is 1. The molecule has 1 amide bonds. The van der Waals surface area contributed by atoms with E-state index in [0.29, 0.717) is 27.6 Å². The molecule has 137 valence electrons. The Balaban J connectivity index is 2.17. The lowest BCUT2D eigenvalue weighted by Gasteiger charge is -2.15. The van der Waals surface area contributed by atoms with E-state index in [2.05, 4.69) is 5.32 Å². The molecule has 0 spiro atoms. The number of hydrogen-bond donors (Lipinski definition) is 3. The van der Waals surface area contributed by atoms with E-state index < -0.39 is 18.0 Å². The zero-order chi connectivity index (χ0) is 19.3. The lowest BCUT2D eigenvalue weighted by atomic mass is 9.98. The van der Waals surface area contributed by atoms with Crippen molar-refractivity contribution in [1.29, 1.82) is 0 Å². The van der Waals surface area contributed by atoms with E-state index in [-0.39, 0.29) is 12.2 Å². The van der Waals surface area contributed by atoms with Crippen molar-refractivity contribution in [1.82, 2.24) is 5.32 Å². The van der Waals surface area contributed by atoms with E-state index >= 15 is 0 Å². The number of phenols is 1. The van der Waals surface area contributed by atoms with Crippen molar-refractivity contribution in [2.45, 2.75) is 31.8 Å². The molecule has 2 rings (SSSR count). The Kier molecular flexibility index (Phi) is 7.03. The zero-order valence-corrected chi connectivity index (χ0v) is 15.6. The Bertz CT molecular complexity index is 791. The van der Waals surface area contributed by atoms with Crippen molar-refractivity contribution < 1.29 is 14.7 Å². The van der Waals surface area contributed by atoms with Crippen LogP contribution in [0.4, 0.5) is 0 Å². The molecule has 0 aliphatic carbocycles. The maximum Gasteiger partial charge on any atom is 0.237 e. The van der Waals surface area contributed by atoms with Crippen LogP contribution in [0.5, 0.6) is 5.75 Å². The highest BCUT2D eigenvalue weighted by Gasteiger charge is 2.17. The largest absolute Gasteiger partial charge is 0.508 e. The fourth-order valence-corrected chi connectivity index (χ4v) is 3.03. The lowest BCUT2D eigenvalue weighted by Crippen LogP contribution is -2.46. The zero-order valence-electron chi connectivity index (χ0n) is 14.1. The van der Waals surface area contributed by atoms with Crippen LogP contribution in [0.2, 0.25) is 10.0 Å². The second-order valence-electron chi connectivity index (χ2n) is 6.00. The van der Waals surface area contributed by atoms with Gasteiger partial charge in [-0.1, -0.05) is 41.4 Å². The van der Waals surface area contributed by atoms with Gasteiger partial charge in [0.05, 0.1) is 12.1 Å². The molecule has 0 saturated heterocycles. The van der Waals surface area contributed by atoms with Crippen LogP contribution in [0.3, 0.4) is 0 Å². The van der Waals surface area contributed by atoms with Gasteiger partial charge in [0.2, 0.25) is 12.2 Å². The number of amides is 1. The summed E-state index contributed by atoms with van der Waals surface area (Å²) in [5.41, 5.74) is 8.00. The predicted octanol–water partition coefficient (Wildman–Crippen LogP) is 2.77. The van der Waals surface area contributed by atoms with Crippen LogP contribution >= 0.6 is 23.2 Å². The highest BCUT2D eigenvalue weighted by molar-refractivity contribution is 6.36. The SMILES string of the molecule is C[C@@H]([C]=O)NC(=O)[C@@H](N)Cc1ccc(O)c(Cc2c(Cl)cccc2Cl)c1. The van der Waals surface area contributed by atoms with Crippen molar-refractivity contribution >= 4 is 35.4 Å². The average molecular weight is 394 g/mol. The summed E-state index contributed by atoms with van der Waals surface area (Å²) in [5, 5.41) is 13.6. The number of nitrogens with two attached hydrogens (primary N) is 1. The minimum atomic E-state index is -0.827. The second-order valence-corrected chi connectivity index (χ2v) is 6.81. The summed E-state index contributed by atoms with van der Waals surface area (Å²) in [6.45, 7) is 1.52. The van der Waals surface area contributed by atoms with Crippen molar-refractivity contribution in [3.05, 3.63) is 63.1 Å². The van der Waals surface area contributed by atoms with Crippen molar-refractivity contribution in [3.8, 4) is 5.75 Å². The number of phenolic OH excluding ortho intramolecular Hbond substituents is 1. The summed E-state index contributed by atoms with van der Waals surface area (Å²) in [5.74, 6) is -0.337. The molecule has 7 heteroatoms. The molecule has 2 aromatic rings. The van der Waals surface area contributed by atoms with Gasteiger partial charge in [0.25, 0.3) is 0 Å². The number of benzene rings is 2. The molecular weight excluding hydrogens is 375 g/mol. The van der Waals surface area contributed by atoms with Gasteiger partial charge in [-0.05, 0) is 48.2 Å². The Labute approximate surface area is 162 Å². The molecule has 1 radical (unpaired) electrons. The van der Waals surface area contributed by atoms with E-state index in [1.54, 1.807) is 42.7 Å². The fourth-order valence-electron chi connectivity index (χ4n) is 2.50. The molecule has 0 aromatic heterocycles. The van der Waals surface area contributed by atoms with Gasteiger partial charge in [-0.3, -0.25) is 9.59 Å². The van der Waals surface area contributed by atoms with Gasteiger partial charge in [-0.15, -0.1) is 0 Å². The highest BCUT2D eigenvalue weighted by Crippen LogP contribution is 2.30. The topological polar surface area (TPSA) is 92.4 Å². The number of hydrogen-bond acceptors (Lipinski definition) is 4. The minimum Gasteiger partial charge on any atom is -0.508 e. The number of carbonyl (C=O) groups excluding carboxylic acids is 2. The monoisotopic (exact) mass is 393 g/mol. The number of rotatable bonds is 7. The van der Waals surface area contributed by atoms with E-state index in [1.807, 2.05) is 0 Å². The van der Waals surface area contributed by atoms with E-state index in [4.69, 9.17) is 28.9 Å². The molecule has 0 aliphatic rings. The predicted molar refractivity (Wildman–Crippen MR) is 102 cm³/mol. The van der Waals surface area contributed by atoms with Crippen molar-refractivity contribution in [2.75, 3.05) is 0 Å². The van der Waals surface area contributed by atoms with Crippen LogP contribution in [0.25, 0.3) is 0 Å². The molecule has 0 aliphatic heterocycles. The Morgan fingerprint density at radius 2 is 1.92 bits per heavy atom.